The fraction of sp³-hybridized carbons (Fsp3) is 0.500. The van der Waals surface area contributed by atoms with Gasteiger partial charge in [0.1, 0.15) is 17.3 Å². The molecule has 4 rings (SSSR count). The Kier molecular flexibility index (Phi) is 5.35. The molecule has 0 saturated carbocycles. The summed E-state index contributed by atoms with van der Waals surface area (Å²) in [5.74, 6) is -3.87. The van der Waals surface area contributed by atoms with E-state index in [1.54, 1.807) is 25.1 Å². The number of hydrogen-bond donors (Lipinski definition) is 5. The van der Waals surface area contributed by atoms with Crippen LogP contribution in [0, 0.1) is 11.8 Å². The Morgan fingerprint density at radius 2 is 1.79 bits per heavy atom. The van der Waals surface area contributed by atoms with Gasteiger partial charge in [-0.15, -0.1) is 0 Å². The van der Waals surface area contributed by atoms with E-state index in [2.05, 4.69) is 0 Å². The highest BCUT2D eigenvalue weighted by Crippen LogP contribution is 2.53. The van der Waals surface area contributed by atoms with Crippen LogP contribution >= 0.6 is 0 Å². The number of hydrogen-bond acceptors (Lipinski definition) is 9. The van der Waals surface area contributed by atoms with Crippen LogP contribution in [-0.4, -0.2) is 76.7 Å². The largest absolute Gasteiger partial charge is 0.510 e. The topological polar surface area (TPSA) is 148 Å². The molecule has 178 valence electrons. The van der Waals surface area contributed by atoms with Crippen LogP contribution in [0.1, 0.15) is 34.8 Å². The summed E-state index contributed by atoms with van der Waals surface area (Å²) in [6.45, 7) is 1.41. The number of phenolic OH excluding ortho intramolecular Hbond substituents is 1. The van der Waals surface area contributed by atoms with Crippen molar-refractivity contribution in [2.24, 2.45) is 17.6 Å². The fourth-order valence-electron chi connectivity index (χ4n) is 5.84. The first-order valence-corrected chi connectivity index (χ1v) is 10.9. The number of rotatable bonds is 3. The monoisotopic (exact) mass is 457 g/mol. The Morgan fingerprint density at radius 1 is 1.15 bits per heavy atom. The number of nitrogens with two attached hydrogens (primary N) is 1. The van der Waals surface area contributed by atoms with Gasteiger partial charge in [0.2, 0.25) is 5.78 Å². The van der Waals surface area contributed by atoms with Crippen molar-refractivity contribution in [2.75, 3.05) is 33.1 Å². The van der Waals surface area contributed by atoms with Gasteiger partial charge in [0.15, 0.2) is 11.4 Å². The van der Waals surface area contributed by atoms with Gasteiger partial charge in [0, 0.05) is 49.0 Å². The maximum atomic E-state index is 13.7. The molecule has 6 N–H and O–H groups in total. The molecule has 33 heavy (non-hydrogen) atoms. The van der Waals surface area contributed by atoms with Gasteiger partial charge in [-0.2, -0.15) is 0 Å². The zero-order chi connectivity index (χ0) is 24.6. The summed E-state index contributed by atoms with van der Waals surface area (Å²) in [5.41, 5.74) is 5.14. The number of benzene rings is 1. The Bertz CT molecular complexity index is 1140. The molecular weight excluding hydrogens is 426 g/mol. The number of allylic oxidation sites excluding steroid dienone is 1. The number of ketones is 2. The lowest BCUT2D eigenvalue weighted by atomic mass is 9.58. The molecule has 0 amide bonds. The maximum absolute atomic E-state index is 13.7. The van der Waals surface area contributed by atoms with Crippen molar-refractivity contribution in [1.29, 1.82) is 0 Å². The van der Waals surface area contributed by atoms with E-state index in [9.17, 15) is 30.0 Å². The van der Waals surface area contributed by atoms with Gasteiger partial charge in [-0.3, -0.25) is 14.5 Å². The van der Waals surface area contributed by atoms with Crippen LogP contribution in [0.15, 0.2) is 28.7 Å². The minimum Gasteiger partial charge on any atom is -0.510 e. The van der Waals surface area contributed by atoms with Crippen LogP contribution in [-0.2, 0) is 17.8 Å². The van der Waals surface area contributed by atoms with E-state index in [4.69, 9.17) is 5.73 Å². The number of aliphatic hydroxyl groups is 3. The average molecular weight is 458 g/mol. The van der Waals surface area contributed by atoms with E-state index < -0.39 is 40.8 Å². The lowest BCUT2D eigenvalue weighted by Gasteiger charge is -2.50. The first kappa shape index (κ1) is 23.3. The Labute approximate surface area is 192 Å². The van der Waals surface area contributed by atoms with Crippen molar-refractivity contribution in [2.45, 2.75) is 38.0 Å². The molecule has 4 atom stereocenters. The molecule has 1 aromatic carbocycles. The van der Waals surface area contributed by atoms with Gasteiger partial charge in [-0.1, -0.05) is 0 Å². The molecule has 0 spiro atoms. The van der Waals surface area contributed by atoms with Crippen LogP contribution in [0.5, 0.6) is 5.75 Å². The number of anilines is 1. The Morgan fingerprint density at radius 3 is 2.33 bits per heavy atom. The third kappa shape index (κ3) is 2.96. The third-order valence-corrected chi connectivity index (χ3v) is 7.47. The number of likely N-dealkylation sites (N-methyl/N-ethyl adjacent to an activating group) is 1. The van der Waals surface area contributed by atoms with Crippen molar-refractivity contribution in [1.82, 2.24) is 4.90 Å². The van der Waals surface area contributed by atoms with Gasteiger partial charge in [0.05, 0.1) is 11.6 Å². The number of nitrogens with zero attached hydrogens (tertiary/aromatic N) is 2. The van der Waals surface area contributed by atoms with E-state index in [0.29, 0.717) is 17.5 Å². The number of aromatic hydroxyl groups is 1. The minimum atomic E-state index is -2.34. The molecule has 9 heteroatoms. The van der Waals surface area contributed by atoms with Crippen molar-refractivity contribution in [3.05, 3.63) is 45.4 Å². The molecule has 0 saturated heterocycles. The third-order valence-electron chi connectivity index (χ3n) is 7.47. The molecule has 0 fully saturated rings. The van der Waals surface area contributed by atoms with E-state index in [1.807, 2.05) is 19.0 Å². The summed E-state index contributed by atoms with van der Waals surface area (Å²) in [7, 11) is 7.10. The first-order valence-electron chi connectivity index (χ1n) is 10.9. The van der Waals surface area contributed by atoms with Gasteiger partial charge in [0.25, 0.3) is 0 Å². The fourth-order valence-corrected chi connectivity index (χ4v) is 5.84. The second kappa shape index (κ2) is 7.58. The SMILES string of the molecule is CC1=C(O)C(N(C)C)C2CC3Cc4c(N(C)C)cc(CN)c(O)c4C(=O)C3=C(O)[C@]2(O)C1=O. The molecule has 0 heterocycles. The number of aliphatic hydroxyl groups excluding tert-OH is 2. The summed E-state index contributed by atoms with van der Waals surface area (Å²) >= 11 is 0. The Hall–Kier alpha value is -2.88. The van der Waals surface area contributed by atoms with E-state index >= 15 is 0 Å². The lowest BCUT2D eigenvalue weighted by Crippen LogP contribution is -2.62. The number of fused-ring (bicyclic) bond motifs is 3. The van der Waals surface area contributed by atoms with Crippen molar-refractivity contribution < 1.29 is 30.0 Å². The molecule has 0 bridgehead atoms. The number of phenols is 1. The molecule has 1 aromatic rings. The summed E-state index contributed by atoms with van der Waals surface area (Å²) < 4.78 is 0. The highest BCUT2D eigenvalue weighted by atomic mass is 16.3. The van der Waals surface area contributed by atoms with Gasteiger partial charge in [-0.25, -0.2) is 0 Å². The maximum Gasteiger partial charge on any atom is 0.201 e. The average Bonchev–Trinajstić information content (AvgIpc) is 2.74. The van der Waals surface area contributed by atoms with Gasteiger partial charge in [-0.05, 0) is 51.4 Å². The molecule has 3 unspecified atom stereocenters. The predicted molar refractivity (Wildman–Crippen MR) is 122 cm³/mol. The molecule has 3 aliphatic rings. The van der Waals surface area contributed by atoms with Crippen molar-refractivity contribution in [3.8, 4) is 5.75 Å². The van der Waals surface area contributed by atoms with Crippen LogP contribution < -0.4 is 10.6 Å². The highest BCUT2D eigenvalue weighted by molar-refractivity contribution is 6.16. The Balaban J connectivity index is 1.98. The van der Waals surface area contributed by atoms with Crippen LogP contribution in [0.2, 0.25) is 0 Å². The smallest absolute Gasteiger partial charge is 0.201 e. The summed E-state index contributed by atoms with van der Waals surface area (Å²) in [6.07, 6.45) is 0.510. The first-order chi connectivity index (χ1) is 15.4. The van der Waals surface area contributed by atoms with Gasteiger partial charge < -0.3 is 31.1 Å². The van der Waals surface area contributed by atoms with Crippen LogP contribution in [0.25, 0.3) is 0 Å². The zero-order valence-corrected chi connectivity index (χ0v) is 19.5. The van der Waals surface area contributed by atoms with E-state index in [0.717, 1.165) is 5.69 Å². The number of carbonyl (C=O) groups excluding carboxylic acids is 2. The highest BCUT2D eigenvalue weighted by Gasteiger charge is 2.61. The minimum absolute atomic E-state index is 0.0139. The molecule has 3 aliphatic carbocycles. The van der Waals surface area contributed by atoms with E-state index in [-0.39, 0.29) is 41.2 Å². The molecule has 0 aliphatic heterocycles. The van der Waals surface area contributed by atoms with E-state index in [1.165, 1.54) is 6.92 Å². The summed E-state index contributed by atoms with van der Waals surface area (Å²) in [4.78, 5) is 30.4. The quantitative estimate of drug-likeness (QED) is 0.451. The van der Waals surface area contributed by atoms with Crippen molar-refractivity contribution in [3.63, 3.8) is 0 Å². The van der Waals surface area contributed by atoms with Gasteiger partial charge >= 0.3 is 0 Å². The molecular formula is C24H31N3O6. The number of carbonyl (C=O) groups is 2. The second-order valence-corrected chi connectivity index (χ2v) is 9.70. The predicted octanol–water partition coefficient (Wildman–Crippen LogP) is 1.18. The zero-order valence-electron chi connectivity index (χ0n) is 19.5. The van der Waals surface area contributed by atoms with Crippen LogP contribution in [0.4, 0.5) is 5.69 Å². The summed E-state index contributed by atoms with van der Waals surface area (Å²) in [6, 6.07) is 1.04. The molecule has 0 aromatic heterocycles. The second-order valence-electron chi connectivity index (χ2n) is 9.70. The van der Waals surface area contributed by atoms with Crippen molar-refractivity contribution >= 4 is 17.3 Å². The number of Topliss-reactive ketones (excluding diaryl/α,β-unsaturated/α-hetero) is 2. The summed E-state index contributed by atoms with van der Waals surface area (Å²) in [5, 5.41) is 44.4. The van der Waals surface area contributed by atoms with Crippen LogP contribution in [0.3, 0.4) is 0 Å². The lowest BCUT2D eigenvalue weighted by molar-refractivity contribution is -0.147. The molecule has 0 radical (unpaired) electrons. The molecule has 9 nitrogen and oxygen atoms in total. The standard InChI is InChI=1S/C24H31N3O6/c1-10-19(28)18(27(4)5)14-7-11-6-13-15(26(2)3)8-12(9-25)20(29)17(13)21(30)16(11)23(32)24(14,33)22(10)31/h8,11,14,18,28-29,32-33H,6-7,9,25H2,1-5H3/t11?,14?,18?,24-/m1/s1. The normalized spacial score (nSPS) is 29.3.